The number of nitrogens with one attached hydrogen (secondary N) is 4. The molecule has 1 aromatic carbocycles. The minimum atomic E-state index is 0.632. The van der Waals surface area contributed by atoms with Crippen molar-refractivity contribution in [3.05, 3.63) is 23.8 Å². The van der Waals surface area contributed by atoms with E-state index in [4.69, 9.17) is 4.74 Å². The molecular formula is C18H31N5O2. The monoisotopic (exact) mass is 349 g/mol. The highest BCUT2D eigenvalue weighted by atomic mass is 16.5. The molecular weight excluding hydrogens is 318 g/mol. The summed E-state index contributed by atoms with van der Waals surface area (Å²) in [5.41, 5.74) is 1.66. The number of rotatable bonds is 3. The molecule has 1 heterocycles. The molecule has 25 heavy (non-hydrogen) atoms. The van der Waals surface area contributed by atoms with Crippen LogP contribution in [-0.2, 0) is 0 Å². The third-order valence-corrected chi connectivity index (χ3v) is 4.23. The molecule has 0 aliphatic carbocycles. The third kappa shape index (κ3) is 6.99. The Hall–Kier alpha value is -1.67. The lowest BCUT2D eigenvalue weighted by Gasteiger charge is -2.27. The highest BCUT2D eigenvalue weighted by molar-refractivity contribution is 5.78. The van der Waals surface area contributed by atoms with Crippen LogP contribution in [-0.4, -0.2) is 78.8 Å². The van der Waals surface area contributed by atoms with Gasteiger partial charge < -0.3 is 30.9 Å². The van der Waals surface area contributed by atoms with Gasteiger partial charge >= 0.3 is 0 Å². The topological polar surface area (TPSA) is 77.7 Å². The first-order valence-corrected chi connectivity index (χ1v) is 9.06. The lowest BCUT2D eigenvalue weighted by molar-refractivity contribution is 0.112. The van der Waals surface area contributed by atoms with Crippen molar-refractivity contribution in [3.63, 3.8) is 0 Å². The number of anilines is 1. The maximum absolute atomic E-state index is 11.0. The average molecular weight is 349 g/mol. The van der Waals surface area contributed by atoms with Crippen molar-refractivity contribution in [3.8, 4) is 5.75 Å². The second-order valence-corrected chi connectivity index (χ2v) is 6.04. The minimum Gasteiger partial charge on any atom is -0.495 e. The van der Waals surface area contributed by atoms with Crippen molar-refractivity contribution < 1.29 is 9.53 Å². The van der Waals surface area contributed by atoms with E-state index in [2.05, 4.69) is 26.2 Å². The highest BCUT2D eigenvalue weighted by Crippen LogP contribution is 2.28. The Morgan fingerprint density at radius 2 is 1.40 bits per heavy atom. The van der Waals surface area contributed by atoms with Gasteiger partial charge in [0.15, 0.2) is 0 Å². The molecule has 0 bridgehead atoms. The summed E-state index contributed by atoms with van der Waals surface area (Å²) < 4.78 is 5.51. The van der Waals surface area contributed by atoms with E-state index in [1.165, 1.54) is 0 Å². The number of hydrogen-bond donors (Lipinski definition) is 4. The van der Waals surface area contributed by atoms with Crippen molar-refractivity contribution in [2.45, 2.75) is 0 Å². The smallest absolute Gasteiger partial charge is 0.150 e. The molecule has 2 rings (SSSR count). The summed E-state index contributed by atoms with van der Waals surface area (Å²) in [6, 6.07) is 5.61. The summed E-state index contributed by atoms with van der Waals surface area (Å²) in [6.07, 6.45) is 0.848. The molecule has 1 aliphatic heterocycles. The molecule has 0 amide bonds. The second-order valence-electron chi connectivity index (χ2n) is 6.04. The van der Waals surface area contributed by atoms with E-state index in [0.717, 1.165) is 83.2 Å². The zero-order chi connectivity index (χ0) is 17.7. The molecule has 140 valence electrons. The summed E-state index contributed by atoms with van der Waals surface area (Å²) in [6.45, 7) is 9.40. The van der Waals surface area contributed by atoms with Gasteiger partial charge in [0.2, 0.25) is 0 Å². The first-order chi connectivity index (χ1) is 12.3. The lowest BCUT2D eigenvalue weighted by Crippen LogP contribution is -2.39. The summed E-state index contributed by atoms with van der Waals surface area (Å²) in [5.74, 6) is 0.742. The summed E-state index contributed by atoms with van der Waals surface area (Å²) in [7, 11) is 1.65. The number of carbonyl (C=O) groups excluding carboxylic acids is 1. The van der Waals surface area contributed by atoms with E-state index in [1.54, 1.807) is 13.2 Å². The SMILES string of the molecule is COc1cc(C=O)ccc1N1CCNCCNCCNCCNCC1. The van der Waals surface area contributed by atoms with Gasteiger partial charge in [-0.3, -0.25) is 4.79 Å². The van der Waals surface area contributed by atoms with Crippen LogP contribution in [0.25, 0.3) is 0 Å². The fraction of sp³-hybridized carbons (Fsp3) is 0.611. The first-order valence-electron chi connectivity index (χ1n) is 9.06. The molecule has 1 aromatic rings. The van der Waals surface area contributed by atoms with Crippen molar-refractivity contribution in [1.82, 2.24) is 21.3 Å². The van der Waals surface area contributed by atoms with Gasteiger partial charge in [-0.1, -0.05) is 0 Å². The second kappa shape index (κ2) is 11.8. The zero-order valence-electron chi connectivity index (χ0n) is 15.1. The fourth-order valence-corrected chi connectivity index (χ4v) is 2.84. The molecule has 0 atom stereocenters. The van der Waals surface area contributed by atoms with Crippen LogP contribution in [0.5, 0.6) is 5.75 Å². The van der Waals surface area contributed by atoms with Gasteiger partial charge in [-0.05, 0) is 18.2 Å². The first kappa shape index (κ1) is 19.7. The Kier molecular flexibility index (Phi) is 9.28. The number of carbonyl (C=O) groups is 1. The lowest BCUT2D eigenvalue weighted by atomic mass is 10.2. The molecule has 0 spiro atoms. The molecule has 1 fully saturated rings. The summed E-state index contributed by atoms with van der Waals surface area (Å²) in [4.78, 5) is 13.3. The van der Waals surface area contributed by atoms with Gasteiger partial charge in [-0.15, -0.1) is 0 Å². The molecule has 1 aliphatic rings. The summed E-state index contributed by atoms with van der Waals surface area (Å²) in [5, 5.41) is 13.8. The van der Waals surface area contributed by atoms with Gasteiger partial charge in [0.1, 0.15) is 12.0 Å². The standard InChI is InChI=1S/C18H31N5O2/c1-25-18-14-16(15-24)2-3-17(18)23-12-10-21-8-6-19-4-5-20-7-9-22-11-13-23/h2-3,14-15,19-22H,4-13H2,1H3. The van der Waals surface area contributed by atoms with Gasteiger partial charge in [0.25, 0.3) is 0 Å². The maximum atomic E-state index is 11.0. The van der Waals surface area contributed by atoms with Crippen LogP contribution in [0.2, 0.25) is 0 Å². The molecule has 7 heteroatoms. The van der Waals surface area contributed by atoms with Gasteiger partial charge in [-0.25, -0.2) is 0 Å². The van der Waals surface area contributed by atoms with Crippen LogP contribution < -0.4 is 30.9 Å². The predicted octanol–water partition coefficient (Wildman–Crippen LogP) is -0.314. The minimum absolute atomic E-state index is 0.632. The van der Waals surface area contributed by atoms with E-state index in [1.807, 2.05) is 12.1 Å². The van der Waals surface area contributed by atoms with E-state index in [-0.39, 0.29) is 0 Å². The Bertz CT molecular complexity index is 496. The highest BCUT2D eigenvalue weighted by Gasteiger charge is 2.12. The number of ether oxygens (including phenoxy) is 1. The van der Waals surface area contributed by atoms with Gasteiger partial charge in [-0.2, -0.15) is 0 Å². The number of hydrogen-bond acceptors (Lipinski definition) is 7. The van der Waals surface area contributed by atoms with Gasteiger partial charge in [0.05, 0.1) is 12.8 Å². The average Bonchev–Trinajstić information content (AvgIpc) is 2.66. The van der Waals surface area contributed by atoms with Crippen molar-refractivity contribution in [2.24, 2.45) is 0 Å². The van der Waals surface area contributed by atoms with Crippen LogP contribution in [0.15, 0.2) is 18.2 Å². The van der Waals surface area contributed by atoms with Crippen LogP contribution in [0.4, 0.5) is 5.69 Å². The van der Waals surface area contributed by atoms with Crippen molar-refractivity contribution in [2.75, 3.05) is 77.5 Å². The summed E-state index contributed by atoms with van der Waals surface area (Å²) >= 11 is 0. The molecule has 0 unspecified atom stereocenters. The number of methoxy groups -OCH3 is 1. The van der Waals surface area contributed by atoms with E-state index in [0.29, 0.717) is 5.56 Å². The Morgan fingerprint density at radius 3 is 1.88 bits per heavy atom. The van der Waals surface area contributed by atoms with E-state index < -0.39 is 0 Å². The normalized spacial score (nSPS) is 18.8. The number of aldehydes is 1. The quantitative estimate of drug-likeness (QED) is 0.558. The molecule has 4 N–H and O–H groups in total. The van der Waals surface area contributed by atoms with Crippen LogP contribution in [0.1, 0.15) is 10.4 Å². The Morgan fingerprint density at radius 1 is 0.880 bits per heavy atom. The van der Waals surface area contributed by atoms with Crippen molar-refractivity contribution in [1.29, 1.82) is 0 Å². The van der Waals surface area contributed by atoms with Gasteiger partial charge in [0, 0.05) is 71.0 Å². The van der Waals surface area contributed by atoms with Crippen LogP contribution >= 0.6 is 0 Å². The maximum Gasteiger partial charge on any atom is 0.150 e. The molecule has 1 saturated heterocycles. The molecule has 0 radical (unpaired) electrons. The van der Waals surface area contributed by atoms with Crippen LogP contribution in [0.3, 0.4) is 0 Å². The number of benzene rings is 1. The van der Waals surface area contributed by atoms with Crippen molar-refractivity contribution >= 4 is 12.0 Å². The van der Waals surface area contributed by atoms with E-state index in [9.17, 15) is 4.79 Å². The predicted molar refractivity (Wildman–Crippen MR) is 102 cm³/mol. The Labute approximate surface area is 150 Å². The fourth-order valence-electron chi connectivity index (χ4n) is 2.84. The molecule has 7 nitrogen and oxygen atoms in total. The molecule has 0 aromatic heterocycles. The molecule has 0 saturated carbocycles. The van der Waals surface area contributed by atoms with E-state index >= 15 is 0 Å². The third-order valence-electron chi connectivity index (χ3n) is 4.23. The van der Waals surface area contributed by atoms with Crippen LogP contribution in [0, 0.1) is 0 Å². The number of nitrogens with zero attached hydrogens (tertiary/aromatic N) is 1. The largest absolute Gasteiger partial charge is 0.495 e. The Balaban J connectivity index is 2.02. The zero-order valence-corrected chi connectivity index (χ0v) is 15.1.